The first-order chi connectivity index (χ1) is 7.61. The molecule has 1 aromatic carbocycles. The third kappa shape index (κ3) is 4.63. The molecule has 0 saturated heterocycles. The molecule has 0 saturated carbocycles. The Morgan fingerprint density at radius 2 is 2.06 bits per heavy atom. The predicted molar refractivity (Wildman–Crippen MR) is 67.4 cm³/mol. The second-order valence-corrected chi connectivity index (χ2v) is 4.55. The van der Waals surface area contributed by atoms with Crippen LogP contribution in [0.15, 0.2) is 28.7 Å². The van der Waals surface area contributed by atoms with Gasteiger partial charge in [-0.1, -0.05) is 22.9 Å². The van der Waals surface area contributed by atoms with Gasteiger partial charge in [0.2, 0.25) is 0 Å². The SMILES string of the molecule is CC(CO)CNC(=O)Nc1ccc(Br)cc1. The fourth-order valence-electron chi connectivity index (χ4n) is 1.04. The second kappa shape index (κ2) is 6.50. The van der Waals surface area contributed by atoms with Gasteiger partial charge in [0, 0.05) is 23.3 Å². The number of carbonyl (C=O) groups is 1. The van der Waals surface area contributed by atoms with Crippen LogP contribution < -0.4 is 10.6 Å². The molecule has 0 aliphatic rings. The molecule has 88 valence electrons. The highest BCUT2D eigenvalue weighted by Gasteiger charge is 2.04. The largest absolute Gasteiger partial charge is 0.396 e. The van der Waals surface area contributed by atoms with Crippen LogP contribution in [0.25, 0.3) is 0 Å². The fraction of sp³-hybridized carbons (Fsp3) is 0.364. The van der Waals surface area contributed by atoms with Crippen molar-refractivity contribution in [2.24, 2.45) is 5.92 Å². The second-order valence-electron chi connectivity index (χ2n) is 3.63. The fourth-order valence-corrected chi connectivity index (χ4v) is 1.30. The van der Waals surface area contributed by atoms with Gasteiger partial charge >= 0.3 is 6.03 Å². The quantitative estimate of drug-likeness (QED) is 0.795. The van der Waals surface area contributed by atoms with Crippen molar-refractivity contribution >= 4 is 27.6 Å². The Kier molecular flexibility index (Phi) is 5.28. The molecule has 3 N–H and O–H groups in total. The number of hydrogen-bond donors (Lipinski definition) is 3. The van der Waals surface area contributed by atoms with E-state index in [9.17, 15) is 4.79 Å². The lowest BCUT2D eigenvalue weighted by Crippen LogP contribution is -2.33. The zero-order valence-electron chi connectivity index (χ0n) is 9.03. The molecule has 1 atom stereocenters. The summed E-state index contributed by atoms with van der Waals surface area (Å²) >= 11 is 3.31. The topological polar surface area (TPSA) is 61.4 Å². The number of urea groups is 1. The Morgan fingerprint density at radius 3 is 2.62 bits per heavy atom. The molecule has 2 amide bonds. The molecule has 0 heterocycles. The number of aliphatic hydroxyl groups is 1. The van der Waals surface area contributed by atoms with Crippen molar-refractivity contribution in [1.29, 1.82) is 0 Å². The Morgan fingerprint density at radius 1 is 1.44 bits per heavy atom. The van der Waals surface area contributed by atoms with E-state index in [1.165, 1.54) is 0 Å². The van der Waals surface area contributed by atoms with Crippen LogP contribution in [0.1, 0.15) is 6.92 Å². The molecule has 0 bridgehead atoms. The molecule has 5 heteroatoms. The van der Waals surface area contributed by atoms with Crippen LogP contribution >= 0.6 is 15.9 Å². The molecule has 4 nitrogen and oxygen atoms in total. The molecular formula is C11H15BrN2O2. The Hall–Kier alpha value is -1.07. The van der Waals surface area contributed by atoms with Gasteiger partial charge in [-0.2, -0.15) is 0 Å². The Bertz CT molecular complexity index is 340. The van der Waals surface area contributed by atoms with Crippen molar-refractivity contribution < 1.29 is 9.90 Å². The number of benzene rings is 1. The van der Waals surface area contributed by atoms with Crippen LogP contribution in [0.5, 0.6) is 0 Å². The van der Waals surface area contributed by atoms with Crippen molar-refractivity contribution in [3.8, 4) is 0 Å². The summed E-state index contributed by atoms with van der Waals surface area (Å²) in [4.78, 5) is 11.4. The molecular weight excluding hydrogens is 272 g/mol. The highest BCUT2D eigenvalue weighted by molar-refractivity contribution is 9.10. The maximum Gasteiger partial charge on any atom is 0.319 e. The smallest absolute Gasteiger partial charge is 0.319 e. The molecule has 0 fully saturated rings. The van der Waals surface area contributed by atoms with Gasteiger partial charge in [-0.05, 0) is 30.2 Å². The summed E-state index contributed by atoms with van der Waals surface area (Å²) in [7, 11) is 0. The number of halogens is 1. The van der Waals surface area contributed by atoms with Gasteiger partial charge in [-0.15, -0.1) is 0 Å². The number of rotatable bonds is 4. The normalized spacial score (nSPS) is 11.9. The summed E-state index contributed by atoms with van der Waals surface area (Å²) in [6.45, 7) is 2.39. The maximum absolute atomic E-state index is 11.4. The van der Waals surface area contributed by atoms with Gasteiger partial charge in [0.15, 0.2) is 0 Å². The highest BCUT2D eigenvalue weighted by Crippen LogP contribution is 2.13. The van der Waals surface area contributed by atoms with E-state index in [0.29, 0.717) is 6.54 Å². The summed E-state index contributed by atoms with van der Waals surface area (Å²) in [5, 5.41) is 14.2. The minimum absolute atomic E-state index is 0.0654. The standard InChI is InChI=1S/C11H15BrN2O2/c1-8(7-15)6-13-11(16)14-10-4-2-9(12)3-5-10/h2-5,8,15H,6-7H2,1H3,(H2,13,14,16). The van der Waals surface area contributed by atoms with Gasteiger partial charge in [0.25, 0.3) is 0 Å². The van der Waals surface area contributed by atoms with E-state index in [2.05, 4.69) is 26.6 Å². The van der Waals surface area contributed by atoms with Crippen molar-refractivity contribution in [2.75, 3.05) is 18.5 Å². The van der Waals surface area contributed by atoms with E-state index >= 15 is 0 Å². The molecule has 1 aromatic rings. The molecule has 0 radical (unpaired) electrons. The van der Waals surface area contributed by atoms with E-state index in [1.54, 1.807) is 12.1 Å². The lowest BCUT2D eigenvalue weighted by molar-refractivity contribution is 0.227. The maximum atomic E-state index is 11.4. The summed E-state index contributed by atoms with van der Waals surface area (Å²) in [6.07, 6.45) is 0. The van der Waals surface area contributed by atoms with E-state index in [1.807, 2.05) is 19.1 Å². The summed E-state index contributed by atoms with van der Waals surface area (Å²) < 4.78 is 0.965. The lowest BCUT2D eigenvalue weighted by atomic mass is 10.2. The molecule has 0 spiro atoms. The number of hydrogen-bond acceptors (Lipinski definition) is 2. The van der Waals surface area contributed by atoms with Crippen LogP contribution in [0.4, 0.5) is 10.5 Å². The average Bonchev–Trinajstić information content (AvgIpc) is 2.29. The molecule has 0 aromatic heterocycles. The summed E-state index contributed by atoms with van der Waals surface area (Å²) in [5.41, 5.74) is 0.734. The van der Waals surface area contributed by atoms with Crippen molar-refractivity contribution in [2.45, 2.75) is 6.92 Å². The van der Waals surface area contributed by atoms with Crippen molar-refractivity contribution in [3.63, 3.8) is 0 Å². The third-order valence-corrected chi connectivity index (χ3v) is 2.55. The first-order valence-electron chi connectivity index (χ1n) is 5.03. The summed E-state index contributed by atoms with van der Waals surface area (Å²) in [6, 6.07) is 7.05. The van der Waals surface area contributed by atoms with Gasteiger partial charge in [0.1, 0.15) is 0 Å². The van der Waals surface area contributed by atoms with Gasteiger partial charge in [-0.25, -0.2) is 4.79 Å². The first kappa shape index (κ1) is 13.0. The van der Waals surface area contributed by atoms with E-state index in [4.69, 9.17) is 5.11 Å². The third-order valence-electron chi connectivity index (χ3n) is 2.02. The van der Waals surface area contributed by atoms with E-state index in [-0.39, 0.29) is 18.6 Å². The van der Waals surface area contributed by atoms with Gasteiger partial charge in [0.05, 0.1) is 0 Å². The summed E-state index contributed by atoms with van der Waals surface area (Å²) in [5.74, 6) is 0.0654. The number of carbonyl (C=O) groups excluding carboxylic acids is 1. The van der Waals surface area contributed by atoms with Crippen LogP contribution in [-0.2, 0) is 0 Å². The molecule has 16 heavy (non-hydrogen) atoms. The molecule has 1 unspecified atom stereocenters. The van der Waals surface area contributed by atoms with E-state index in [0.717, 1.165) is 10.2 Å². The monoisotopic (exact) mass is 286 g/mol. The minimum Gasteiger partial charge on any atom is -0.396 e. The predicted octanol–water partition coefficient (Wildman–Crippen LogP) is 2.20. The van der Waals surface area contributed by atoms with Crippen molar-refractivity contribution in [3.05, 3.63) is 28.7 Å². The first-order valence-corrected chi connectivity index (χ1v) is 5.82. The number of anilines is 1. The zero-order chi connectivity index (χ0) is 12.0. The van der Waals surface area contributed by atoms with Crippen molar-refractivity contribution in [1.82, 2.24) is 5.32 Å². The number of amides is 2. The Balaban J connectivity index is 2.37. The van der Waals surface area contributed by atoms with Gasteiger partial charge < -0.3 is 15.7 Å². The zero-order valence-corrected chi connectivity index (χ0v) is 10.6. The van der Waals surface area contributed by atoms with Crippen LogP contribution in [0, 0.1) is 5.92 Å². The minimum atomic E-state index is -0.261. The molecule has 1 rings (SSSR count). The van der Waals surface area contributed by atoms with E-state index < -0.39 is 0 Å². The highest BCUT2D eigenvalue weighted by atomic mass is 79.9. The van der Waals surface area contributed by atoms with Gasteiger partial charge in [-0.3, -0.25) is 0 Å². The lowest BCUT2D eigenvalue weighted by Gasteiger charge is -2.10. The average molecular weight is 287 g/mol. The van der Waals surface area contributed by atoms with Crippen LogP contribution in [-0.4, -0.2) is 24.3 Å². The Labute approximate surface area is 103 Å². The number of aliphatic hydroxyl groups excluding tert-OH is 1. The molecule has 0 aliphatic heterocycles. The van der Waals surface area contributed by atoms with Crippen LogP contribution in [0.2, 0.25) is 0 Å². The molecule has 0 aliphatic carbocycles. The number of nitrogens with one attached hydrogen (secondary N) is 2. The van der Waals surface area contributed by atoms with Crippen LogP contribution in [0.3, 0.4) is 0 Å².